The maximum absolute atomic E-state index is 12.9. The summed E-state index contributed by atoms with van der Waals surface area (Å²) in [7, 11) is -1.91. The molecule has 112 valence electrons. The average Bonchev–Trinajstić information content (AvgIpc) is 2.78. The lowest BCUT2D eigenvalue weighted by Gasteiger charge is -2.42. The van der Waals surface area contributed by atoms with Crippen molar-refractivity contribution in [2.24, 2.45) is 13.0 Å². The summed E-state index contributed by atoms with van der Waals surface area (Å²) in [5.74, 6) is 0.521. The number of aryl methyl sites for hydroxylation is 1. The fourth-order valence-electron chi connectivity index (χ4n) is 3.59. The third-order valence-electron chi connectivity index (χ3n) is 4.48. The Labute approximate surface area is 127 Å². The number of hydrogen-bond donors (Lipinski definition) is 0. The first-order valence-electron chi connectivity index (χ1n) is 7.09. The first kappa shape index (κ1) is 14.5. The van der Waals surface area contributed by atoms with Crippen LogP contribution in [-0.4, -0.2) is 40.3 Å². The Morgan fingerprint density at radius 2 is 1.90 bits per heavy atom. The maximum Gasteiger partial charge on any atom is 0.263 e. The Hall–Kier alpha value is -0.470. The van der Waals surface area contributed by atoms with Crippen LogP contribution in [0.5, 0.6) is 0 Å². The van der Waals surface area contributed by atoms with E-state index in [0.717, 1.165) is 32.1 Å². The molecule has 1 aromatic heterocycles. The van der Waals surface area contributed by atoms with Gasteiger partial charge in [0.15, 0.2) is 4.60 Å². The largest absolute Gasteiger partial charge is 0.263 e. The molecule has 1 aliphatic heterocycles. The van der Waals surface area contributed by atoms with Gasteiger partial charge in [-0.25, -0.2) is 13.1 Å². The van der Waals surface area contributed by atoms with Crippen molar-refractivity contribution in [1.82, 2.24) is 19.3 Å². The van der Waals surface area contributed by atoms with Gasteiger partial charge in [-0.3, -0.25) is 0 Å². The van der Waals surface area contributed by atoms with Crippen LogP contribution in [0.3, 0.4) is 0 Å². The topological polar surface area (TPSA) is 68.1 Å². The molecule has 6 nitrogen and oxygen atoms in total. The smallest absolute Gasteiger partial charge is 0.235 e. The molecule has 0 unspecified atom stereocenters. The van der Waals surface area contributed by atoms with Crippen LogP contribution in [-0.2, 0) is 17.1 Å². The van der Waals surface area contributed by atoms with Crippen molar-refractivity contribution in [3.63, 3.8) is 0 Å². The number of hydrogen-bond acceptors (Lipinski definition) is 4. The summed E-state index contributed by atoms with van der Waals surface area (Å²) in [6.45, 7) is 0.612. The van der Waals surface area contributed by atoms with Gasteiger partial charge in [0.1, 0.15) is 0 Å². The highest BCUT2D eigenvalue weighted by Crippen LogP contribution is 2.38. The Morgan fingerprint density at radius 3 is 2.60 bits per heavy atom. The van der Waals surface area contributed by atoms with E-state index in [9.17, 15) is 8.42 Å². The van der Waals surface area contributed by atoms with Gasteiger partial charge in [0.2, 0.25) is 5.03 Å². The number of halogens is 1. The van der Waals surface area contributed by atoms with E-state index in [-0.39, 0.29) is 11.1 Å². The minimum Gasteiger partial charge on any atom is -0.235 e. The minimum atomic E-state index is -3.53. The van der Waals surface area contributed by atoms with Crippen LogP contribution < -0.4 is 0 Å². The summed E-state index contributed by atoms with van der Waals surface area (Å²) in [6.07, 6.45) is 6.59. The highest BCUT2D eigenvalue weighted by Gasteiger charge is 2.42. The molecule has 20 heavy (non-hydrogen) atoms. The number of sulfonamides is 1. The predicted octanol–water partition coefficient (Wildman–Crippen LogP) is 1.92. The van der Waals surface area contributed by atoms with Gasteiger partial charge < -0.3 is 0 Å². The number of rotatable bonds is 2. The van der Waals surface area contributed by atoms with Crippen LogP contribution in [0, 0.1) is 5.92 Å². The van der Waals surface area contributed by atoms with Gasteiger partial charge in [-0.05, 0) is 47.5 Å². The second kappa shape index (κ2) is 5.38. The van der Waals surface area contributed by atoms with Gasteiger partial charge >= 0.3 is 0 Å². The van der Waals surface area contributed by atoms with E-state index in [1.54, 1.807) is 11.4 Å². The molecule has 0 radical (unpaired) electrons. The van der Waals surface area contributed by atoms with Crippen molar-refractivity contribution in [3.05, 3.63) is 4.60 Å². The van der Waals surface area contributed by atoms with E-state index >= 15 is 0 Å². The minimum absolute atomic E-state index is 0.157. The molecule has 1 saturated carbocycles. The average molecular weight is 363 g/mol. The van der Waals surface area contributed by atoms with Crippen molar-refractivity contribution in [2.75, 3.05) is 6.54 Å². The molecule has 0 aromatic carbocycles. The molecule has 0 bridgehead atoms. The Morgan fingerprint density at radius 1 is 1.20 bits per heavy atom. The van der Waals surface area contributed by atoms with Crippen LogP contribution in [0.25, 0.3) is 0 Å². The third kappa shape index (κ3) is 2.31. The molecule has 2 fully saturated rings. The first-order chi connectivity index (χ1) is 9.51. The lowest BCUT2D eigenvalue weighted by molar-refractivity contribution is 0.128. The predicted molar refractivity (Wildman–Crippen MR) is 77.6 cm³/mol. The quantitative estimate of drug-likeness (QED) is 0.805. The Kier molecular flexibility index (Phi) is 3.89. The monoisotopic (exact) mass is 362 g/mol. The lowest BCUT2D eigenvalue weighted by Crippen LogP contribution is -2.49. The summed E-state index contributed by atoms with van der Waals surface area (Å²) in [5, 5.41) is 7.77. The normalized spacial score (nSPS) is 28.3. The molecular weight excluding hydrogens is 344 g/mol. The van der Waals surface area contributed by atoms with Crippen LogP contribution in [0.1, 0.15) is 38.5 Å². The summed E-state index contributed by atoms with van der Waals surface area (Å²) in [4.78, 5) is 0. The molecule has 0 amide bonds. The number of aromatic nitrogens is 3. The number of fused-ring (bicyclic) bond motifs is 1. The zero-order valence-corrected chi connectivity index (χ0v) is 13.9. The standard InChI is InChI=1S/C12H19BrN4O2S/c1-16-12(11(13)14-15-16)20(18,19)17-8-4-6-9-5-2-3-7-10(9)17/h9-10H,2-8H2,1H3/t9-,10-/m1/s1. The van der Waals surface area contributed by atoms with Gasteiger partial charge in [0, 0.05) is 19.6 Å². The lowest BCUT2D eigenvalue weighted by atomic mass is 9.79. The van der Waals surface area contributed by atoms with E-state index < -0.39 is 10.0 Å². The molecule has 2 atom stereocenters. The van der Waals surface area contributed by atoms with Gasteiger partial charge in [-0.1, -0.05) is 18.1 Å². The SMILES string of the molecule is Cn1nnc(Br)c1S(=O)(=O)N1CCC[C@H]2CCCC[C@H]21. The molecule has 8 heteroatoms. The van der Waals surface area contributed by atoms with Crippen LogP contribution in [0.2, 0.25) is 0 Å². The fraction of sp³-hybridized carbons (Fsp3) is 0.833. The van der Waals surface area contributed by atoms with Crippen molar-refractivity contribution in [3.8, 4) is 0 Å². The highest BCUT2D eigenvalue weighted by molar-refractivity contribution is 9.10. The molecular formula is C12H19BrN4O2S. The van der Waals surface area contributed by atoms with Crippen LogP contribution in [0.15, 0.2) is 9.63 Å². The molecule has 1 aromatic rings. The second-order valence-corrected chi connectivity index (χ2v) is 8.24. The van der Waals surface area contributed by atoms with Crippen molar-refractivity contribution < 1.29 is 8.42 Å². The molecule has 2 heterocycles. The maximum atomic E-state index is 12.9. The first-order valence-corrected chi connectivity index (χ1v) is 9.32. The van der Waals surface area contributed by atoms with Crippen molar-refractivity contribution in [2.45, 2.75) is 49.6 Å². The summed E-state index contributed by atoms with van der Waals surface area (Å²) < 4.78 is 29.2. The van der Waals surface area contributed by atoms with E-state index in [4.69, 9.17) is 0 Å². The van der Waals surface area contributed by atoms with Gasteiger partial charge in [-0.15, -0.1) is 5.10 Å². The molecule has 2 aliphatic rings. The molecule has 0 spiro atoms. The van der Waals surface area contributed by atoms with Crippen molar-refractivity contribution in [1.29, 1.82) is 0 Å². The van der Waals surface area contributed by atoms with Crippen LogP contribution in [0.4, 0.5) is 0 Å². The molecule has 0 N–H and O–H groups in total. The van der Waals surface area contributed by atoms with E-state index in [0.29, 0.717) is 17.1 Å². The highest BCUT2D eigenvalue weighted by atomic mass is 79.9. The van der Waals surface area contributed by atoms with E-state index in [2.05, 4.69) is 26.2 Å². The fourth-order valence-corrected chi connectivity index (χ4v) is 6.38. The van der Waals surface area contributed by atoms with Gasteiger partial charge in [-0.2, -0.15) is 4.31 Å². The summed E-state index contributed by atoms with van der Waals surface area (Å²) >= 11 is 3.21. The molecule has 1 aliphatic carbocycles. The van der Waals surface area contributed by atoms with Crippen LogP contribution >= 0.6 is 15.9 Å². The van der Waals surface area contributed by atoms with Gasteiger partial charge in [0.05, 0.1) is 0 Å². The zero-order valence-electron chi connectivity index (χ0n) is 11.5. The van der Waals surface area contributed by atoms with Crippen molar-refractivity contribution >= 4 is 26.0 Å². The number of nitrogens with zero attached hydrogens (tertiary/aromatic N) is 4. The third-order valence-corrected chi connectivity index (χ3v) is 7.30. The van der Waals surface area contributed by atoms with E-state index in [1.807, 2.05) is 0 Å². The Balaban J connectivity index is 1.98. The second-order valence-electron chi connectivity index (χ2n) is 5.68. The molecule has 3 rings (SSSR count). The Bertz CT molecular complexity index is 579. The van der Waals surface area contributed by atoms with E-state index in [1.165, 1.54) is 11.1 Å². The summed E-state index contributed by atoms with van der Waals surface area (Å²) in [6, 6.07) is 0.157. The summed E-state index contributed by atoms with van der Waals surface area (Å²) in [5.41, 5.74) is 0. The molecule has 1 saturated heterocycles. The number of piperidine rings is 1. The van der Waals surface area contributed by atoms with Gasteiger partial charge in [0.25, 0.3) is 10.0 Å². The zero-order chi connectivity index (χ0) is 14.3.